The first kappa shape index (κ1) is 81.5. The fraction of sp³-hybridized carbons (Fsp3) is 0.654. The molecule has 0 aromatic carbocycles. The van der Waals surface area contributed by atoms with E-state index in [4.69, 9.17) is 9.47 Å². The van der Waals surface area contributed by atoms with E-state index in [1.54, 1.807) is 0 Å². The van der Waals surface area contributed by atoms with Crippen LogP contribution in [0.25, 0.3) is 0 Å². The van der Waals surface area contributed by atoms with Gasteiger partial charge in [-0.1, -0.05) is 339 Å². The molecular weight excluding hydrogens is 1050 g/mol. The van der Waals surface area contributed by atoms with Gasteiger partial charge in [0, 0.05) is 12.8 Å². The van der Waals surface area contributed by atoms with Crippen LogP contribution >= 0.6 is 0 Å². The third-order valence-electron chi connectivity index (χ3n) is 15.3. The fourth-order valence-electron chi connectivity index (χ4n) is 9.95. The van der Waals surface area contributed by atoms with Crippen LogP contribution in [0, 0.1) is 0 Å². The predicted molar refractivity (Wildman–Crippen MR) is 380 cm³/mol. The summed E-state index contributed by atoms with van der Waals surface area (Å²) >= 11 is 0. The van der Waals surface area contributed by atoms with Gasteiger partial charge in [0.25, 0.3) is 0 Å². The van der Waals surface area contributed by atoms with E-state index >= 15 is 0 Å². The van der Waals surface area contributed by atoms with Crippen LogP contribution in [0.3, 0.4) is 0 Å². The number of ether oxygens (including phenoxy) is 2. The van der Waals surface area contributed by atoms with Crippen LogP contribution < -0.4 is 0 Å². The molecule has 1 atom stereocenters. The van der Waals surface area contributed by atoms with Crippen LogP contribution in [0.1, 0.15) is 322 Å². The van der Waals surface area contributed by atoms with Crippen molar-refractivity contribution >= 4 is 11.9 Å². The smallest absolute Gasteiger partial charge is 0.306 e. The van der Waals surface area contributed by atoms with Crippen molar-refractivity contribution in [3.63, 3.8) is 0 Å². The highest BCUT2D eigenvalue weighted by atomic mass is 16.6. The van der Waals surface area contributed by atoms with Crippen LogP contribution in [-0.4, -0.2) is 36.4 Å². The van der Waals surface area contributed by atoms with Gasteiger partial charge in [0.15, 0.2) is 6.10 Å². The molecule has 0 fully saturated rings. The summed E-state index contributed by atoms with van der Waals surface area (Å²) in [5, 5.41) is 9.71. The zero-order chi connectivity index (χ0) is 61.9. The lowest BCUT2D eigenvalue weighted by Crippen LogP contribution is -2.28. The SMILES string of the molecule is CC/C=C\C/C=C\C/C=C\C/C=C\C/C=C\C/C=C\C/C=C\C/C=C\C/C=C\C/C=C\C/C=C\CCCCCCCC(=O)OC(CO)COC(=O)CCCCCCCCCCCCCCCCCCCCCCC/C=C\C/C=C\CCCCCCC. The van der Waals surface area contributed by atoms with E-state index in [0.717, 1.165) is 135 Å². The zero-order valence-corrected chi connectivity index (χ0v) is 56.0. The van der Waals surface area contributed by atoms with Crippen molar-refractivity contribution in [1.82, 2.24) is 0 Å². The minimum Gasteiger partial charge on any atom is -0.462 e. The van der Waals surface area contributed by atoms with Crippen LogP contribution in [0.2, 0.25) is 0 Å². The number of unbranched alkanes of at least 4 members (excludes halogenated alkanes) is 31. The van der Waals surface area contributed by atoms with Gasteiger partial charge in [0.2, 0.25) is 0 Å². The normalized spacial score (nSPS) is 13.2. The number of carbonyl (C=O) groups is 2. The summed E-state index contributed by atoms with van der Waals surface area (Å²) < 4.78 is 10.7. The molecule has 1 N–H and O–H groups in total. The third-order valence-corrected chi connectivity index (χ3v) is 15.3. The minimum atomic E-state index is -0.794. The maximum absolute atomic E-state index is 12.4. The van der Waals surface area contributed by atoms with Gasteiger partial charge >= 0.3 is 11.9 Å². The van der Waals surface area contributed by atoms with E-state index in [1.807, 2.05) is 0 Å². The molecule has 0 rings (SSSR count). The lowest BCUT2D eigenvalue weighted by Gasteiger charge is -2.15. The maximum Gasteiger partial charge on any atom is 0.306 e. The van der Waals surface area contributed by atoms with Gasteiger partial charge in [0.05, 0.1) is 6.61 Å². The van der Waals surface area contributed by atoms with E-state index in [1.165, 1.54) is 161 Å². The number of esters is 2. The lowest BCUT2D eigenvalue weighted by atomic mass is 10.0. The first-order valence-corrected chi connectivity index (χ1v) is 36.0. The molecule has 0 amide bonds. The molecule has 0 spiro atoms. The Hall–Kier alpha value is -4.48. The molecule has 0 bridgehead atoms. The molecule has 0 aromatic rings. The second-order valence-corrected chi connectivity index (χ2v) is 23.6. The van der Waals surface area contributed by atoms with Crippen molar-refractivity contribution in [3.05, 3.63) is 158 Å². The summed E-state index contributed by atoms with van der Waals surface area (Å²) in [6.45, 7) is 4.02. The van der Waals surface area contributed by atoms with E-state index in [2.05, 4.69) is 172 Å². The molecule has 0 aliphatic heterocycles. The van der Waals surface area contributed by atoms with Crippen LogP contribution in [0.15, 0.2) is 158 Å². The van der Waals surface area contributed by atoms with Crippen molar-refractivity contribution in [2.45, 2.75) is 328 Å². The first-order valence-electron chi connectivity index (χ1n) is 36.0. The number of rotatable bonds is 65. The molecule has 0 saturated heterocycles. The highest BCUT2D eigenvalue weighted by molar-refractivity contribution is 5.70. The average Bonchev–Trinajstić information content (AvgIpc) is 3.55. The molecule has 0 aromatic heterocycles. The molecule has 0 heterocycles. The molecule has 5 heteroatoms. The van der Waals surface area contributed by atoms with Crippen LogP contribution in [0.4, 0.5) is 0 Å². The minimum absolute atomic E-state index is 0.0801. The predicted octanol–water partition coefficient (Wildman–Crippen LogP) is 25.4. The highest BCUT2D eigenvalue weighted by Gasteiger charge is 2.16. The molecule has 0 radical (unpaired) electrons. The summed E-state index contributed by atoms with van der Waals surface area (Å²) in [7, 11) is 0. The molecule has 0 aliphatic rings. The van der Waals surface area contributed by atoms with Gasteiger partial charge in [-0.2, -0.15) is 0 Å². The van der Waals surface area contributed by atoms with Crippen molar-refractivity contribution in [1.29, 1.82) is 0 Å². The Morgan fingerprint density at radius 1 is 0.279 bits per heavy atom. The molecule has 5 nitrogen and oxygen atoms in total. The summed E-state index contributed by atoms with van der Waals surface area (Å²) in [5.74, 6) is -0.612. The van der Waals surface area contributed by atoms with Crippen molar-refractivity contribution in [2.24, 2.45) is 0 Å². The summed E-state index contributed by atoms with van der Waals surface area (Å²) in [6.07, 6.45) is 114. The van der Waals surface area contributed by atoms with E-state index in [-0.39, 0.29) is 25.2 Å². The summed E-state index contributed by atoms with van der Waals surface area (Å²) in [6, 6.07) is 0. The second kappa shape index (κ2) is 74.8. The zero-order valence-electron chi connectivity index (χ0n) is 56.0. The molecule has 86 heavy (non-hydrogen) atoms. The highest BCUT2D eigenvalue weighted by Crippen LogP contribution is 2.17. The second-order valence-electron chi connectivity index (χ2n) is 23.6. The number of allylic oxidation sites excluding steroid dienone is 26. The van der Waals surface area contributed by atoms with Gasteiger partial charge in [0.1, 0.15) is 6.61 Å². The standard InChI is InChI=1S/C81H134O5/c1-3-5-7-9-11-13-15-17-19-21-23-25-27-29-31-33-35-37-38-39-40-41-42-44-46-48-50-52-54-56-58-60-62-64-66-68-70-72-74-76-81(84)86-79(77-82)78-85-80(83)75-73-71-69-67-65-63-61-59-57-55-53-51-49-47-45-43-36-34-32-30-28-26-24-22-20-18-16-14-12-10-8-6-4-2/h5,7,11,13,16-19,22-25,29,31,35,37,39-40,42,44,48,50,54,56,60,62,79,82H,3-4,6,8-10,12,14-15,20-21,26-28,30,32-34,36,38,41,43,45-47,49,51-53,55,57-59,61,63-78H2,1-2H3/b7-5-,13-11-,18-16-,19-17-,24-22-,25-23-,31-29-,37-35-,40-39-,44-42-,50-48-,56-54-,62-60-. The lowest BCUT2D eigenvalue weighted by molar-refractivity contribution is -0.161. The van der Waals surface area contributed by atoms with Crippen molar-refractivity contribution in [3.8, 4) is 0 Å². The quantitative estimate of drug-likeness (QED) is 0.0373. The van der Waals surface area contributed by atoms with E-state index < -0.39 is 6.10 Å². The first-order chi connectivity index (χ1) is 42.6. The van der Waals surface area contributed by atoms with Gasteiger partial charge in [-0.15, -0.1) is 0 Å². The number of aliphatic hydroxyl groups is 1. The number of carbonyl (C=O) groups excluding carboxylic acids is 2. The largest absolute Gasteiger partial charge is 0.462 e. The number of hydrogen-bond acceptors (Lipinski definition) is 5. The number of aliphatic hydroxyl groups excluding tert-OH is 1. The topological polar surface area (TPSA) is 72.8 Å². The Balaban J connectivity index is 3.56. The van der Waals surface area contributed by atoms with Gasteiger partial charge < -0.3 is 14.6 Å². The maximum atomic E-state index is 12.4. The van der Waals surface area contributed by atoms with E-state index in [9.17, 15) is 14.7 Å². The van der Waals surface area contributed by atoms with Crippen LogP contribution in [0.5, 0.6) is 0 Å². The Morgan fingerprint density at radius 3 is 0.756 bits per heavy atom. The summed E-state index contributed by atoms with van der Waals surface area (Å²) in [4.78, 5) is 24.7. The Labute approximate surface area is 532 Å². The summed E-state index contributed by atoms with van der Waals surface area (Å²) in [5.41, 5.74) is 0. The molecular formula is C81H134O5. The number of hydrogen-bond donors (Lipinski definition) is 1. The molecule has 0 saturated carbocycles. The molecule has 488 valence electrons. The fourth-order valence-corrected chi connectivity index (χ4v) is 9.95. The van der Waals surface area contributed by atoms with Gasteiger partial charge in [-0.05, 0) is 128 Å². The van der Waals surface area contributed by atoms with Crippen molar-refractivity contribution < 1.29 is 24.2 Å². The van der Waals surface area contributed by atoms with Gasteiger partial charge in [-0.3, -0.25) is 9.59 Å². The Bertz CT molecular complexity index is 1830. The van der Waals surface area contributed by atoms with E-state index in [0.29, 0.717) is 12.8 Å². The average molecular weight is 1190 g/mol. The Morgan fingerprint density at radius 2 is 0.500 bits per heavy atom. The molecule has 1 unspecified atom stereocenters. The van der Waals surface area contributed by atoms with Crippen molar-refractivity contribution in [2.75, 3.05) is 13.2 Å². The monoisotopic (exact) mass is 1190 g/mol. The van der Waals surface area contributed by atoms with Gasteiger partial charge in [-0.25, -0.2) is 0 Å². The molecule has 0 aliphatic carbocycles. The third kappa shape index (κ3) is 72.0. The van der Waals surface area contributed by atoms with Crippen LogP contribution in [-0.2, 0) is 19.1 Å². The Kier molecular flexibility index (Phi) is 70.9.